The van der Waals surface area contributed by atoms with Gasteiger partial charge in [0.25, 0.3) is 0 Å². The minimum absolute atomic E-state index is 0.288. The van der Waals surface area contributed by atoms with Gasteiger partial charge in [0, 0.05) is 22.9 Å². The van der Waals surface area contributed by atoms with E-state index in [1.54, 1.807) is 11.8 Å². The van der Waals surface area contributed by atoms with E-state index in [9.17, 15) is 0 Å². The van der Waals surface area contributed by atoms with Gasteiger partial charge < -0.3 is 5.73 Å². The van der Waals surface area contributed by atoms with Crippen LogP contribution in [-0.2, 0) is 6.42 Å². The molecule has 0 aromatic heterocycles. The maximum absolute atomic E-state index is 5.44. The average Bonchev–Trinajstić information content (AvgIpc) is 2.25. The van der Waals surface area contributed by atoms with Gasteiger partial charge in [-0.2, -0.15) is 11.8 Å². The highest BCUT2D eigenvalue weighted by atomic mass is 32.2. The van der Waals surface area contributed by atoms with Crippen LogP contribution in [0.25, 0.3) is 0 Å². The Bertz CT molecular complexity index is 261. The largest absolute Gasteiger partial charge is 0.330 e. The van der Waals surface area contributed by atoms with Crippen LogP contribution < -0.4 is 5.73 Å². The van der Waals surface area contributed by atoms with E-state index in [1.165, 1.54) is 5.56 Å². The monoisotopic (exact) mass is 224 g/mol. The van der Waals surface area contributed by atoms with Gasteiger partial charge in [-0.15, -0.1) is 0 Å². The van der Waals surface area contributed by atoms with Crippen LogP contribution in [0, 0.1) is 0 Å². The fourth-order valence-electron chi connectivity index (χ4n) is 1.17. The summed E-state index contributed by atoms with van der Waals surface area (Å²) < 4.78 is 0. The Labute approximate surface area is 95.1 Å². The zero-order valence-electron chi connectivity index (χ0n) is 7.98. The Morgan fingerprint density at radius 1 is 1.36 bits per heavy atom. The third-order valence-electron chi connectivity index (χ3n) is 1.83. The third kappa shape index (κ3) is 4.22. The van der Waals surface area contributed by atoms with Crippen LogP contribution in [0.3, 0.4) is 0 Å². The van der Waals surface area contributed by atoms with Gasteiger partial charge in [0.05, 0.1) is 0 Å². The smallest absolute Gasteiger partial charge is 0.0451 e. The number of thiocarbonyl (C=S) groups is 1. The molecule has 1 unspecified atom stereocenters. The second kappa shape index (κ2) is 6.98. The molecule has 0 aliphatic carbocycles. The SMILES string of the molecule is NCCSC([C]=S)Cc1ccccc1. The minimum atomic E-state index is 0.288. The molecule has 75 valence electrons. The molecule has 0 aliphatic rings. The zero-order chi connectivity index (χ0) is 10.2. The number of hydrogen-bond donors (Lipinski definition) is 1. The first-order valence-electron chi connectivity index (χ1n) is 4.60. The Kier molecular flexibility index (Phi) is 5.83. The van der Waals surface area contributed by atoms with E-state index in [0.717, 1.165) is 12.2 Å². The van der Waals surface area contributed by atoms with E-state index in [0.29, 0.717) is 6.54 Å². The van der Waals surface area contributed by atoms with Crippen LogP contribution in [0.2, 0.25) is 0 Å². The molecule has 0 saturated heterocycles. The lowest BCUT2D eigenvalue weighted by Gasteiger charge is -2.09. The van der Waals surface area contributed by atoms with Crippen LogP contribution in [0.4, 0.5) is 0 Å². The van der Waals surface area contributed by atoms with Crippen molar-refractivity contribution in [3.05, 3.63) is 35.9 Å². The number of nitrogens with two attached hydrogens (primary N) is 1. The molecule has 1 aromatic rings. The van der Waals surface area contributed by atoms with Crippen molar-refractivity contribution in [2.24, 2.45) is 5.73 Å². The number of hydrogen-bond acceptors (Lipinski definition) is 3. The molecule has 14 heavy (non-hydrogen) atoms. The molecule has 0 bridgehead atoms. The second-order valence-electron chi connectivity index (χ2n) is 2.96. The number of rotatable bonds is 6. The normalized spacial score (nSPS) is 12.4. The van der Waals surface area contributed by atoms with E-state index < -0.39 is 0 Å². The first-order valence-corrected chi connectivity index (χ1v) is 6.05. The van der Waals surface area contributed by atoms with E-state index >= 15 is 0 Å². The highest BCUT2D eigenvalue weighted by Crippen LogP contribution is 2.14. The molecule has 0 saturated carbocycles. The lowest BCUT2D eigenvalue weighted by atomic mass is 10.1. The summed E-state index contributed by atoms with van der Waals surface area (Å²) in [7, 11) is 0. The summed E-state index contributed by atoms with van der Waals surface area (Å²) >= 11 is 6.65. The van der Waals surface area contributed by atoms with Gasteiger partial charge in [-0.25, -0.2) is 0 Å². The molecule has 1 rings (SSSR count). The molecular weight excluding hydrogens is 210 g/mol. The summed E-state index contributed by atoms with van der Waals surface area (Å²) in [5.74, 6) is 0.946. The fourth-order valence-corrected chi connectivity index (χ4v) is 2.26. The molecule has 2 N–H and O–H groups in total. The molecule has 0 amide bonds. The van der Waals surface area contributed by atoms with Crippen molar-refractivity contribution < 1.29 is 0 Å². The van der Waals surface area contributed by atoms with E-state index in [-0.39, 0.29) is 5.25 Å². The topological polar surface area (TPSA) is 26.0 Å². The van der Waals surface area contributed by atoms with E-state index in [4.69, 9.17) is 18.0 Å². The van der Waals surface area contributed by atoms with Crippen molar-refractivity contribution in [3.8, 4) is 0 Å². The molecule has 0 fully saturated rings. The van der Waals surface area contributed by atoms with Crippen molar-refractivity contribution >= 4 is 29.3 Å². The molecule has 0 spiro atoms. The van der Waals surface area contributed by atoms with Crippen molar-refractivity contribution in [2.75, 3.05) is 12.3 Å². The number of thioether (sulfide) groups is 1. The van der Waals surface area contributed by atoms with Crippen molar-refractivity contribution in [1.82, 2.24) is 0 Å². The Morgan fingerprint density at radius 2 is 2.07 bits per heavy atom. The second-order valence-corrected chi connectivity index (χ2v) is 4.50. The summed E-state index contributed by atoms with van der Waals surface area (Å²) in [6, 6.07) is 10.3. The quantitative estimate of drug-likeness (QED) is 0.750. The molecule has 0 aliphatic heterocycles. The summed E-state index contributed by atoms with van der Waals surface area (Å²) in [4.78, 5) is 0. The van der Waals surface area contributed by atoms with Crippen LogP contribution in [0.1, 0.15) is 5.56 Å². The van der Waals surface area contributed by atoms with Gasteiger partial charge in [-0.3, -0.25) is 0 Å². The van der Waals surface area contributed by atoms with Gasteiger partial charge >= 0.3 is 0 Å². The van der Waals surface area contributed by atoms with Gasteiger partial charge in [0.1, 0.15) is 0 Å². The van der Waals surface area contributed by atoms with E-state index in [1.807, 2.05) is 18.2 Å². The Balaban J connectivity index is 2.44. The summed E-state index contributed by atoms with van der Waals surface area (Å²) in [5, 5.41) is 3.16. The minimum Gasteiger partial charge on any atom is -0.330 e. The molecule has 1 aromatic carbocycles. The lowest BCUT2D eigenvalue weighted by Crippen LogP contribution is -2.11. The highest BCUT2D eigenvalue weighted by molar-refractivity contribution is 8.01. The van der Waals surface area contributed by atoms with Crippen LogP contribution in [0.15, 0.2) is 30.3 Å². The maximum atomic E-state index is 5.44. The van der Waals surface area contributed by atoms with Crippen LogP contribution in [-0.4, -0.2) is 22.9 Å². The van der Waals surface area contributed by atoms with E-state index in [2.05, 4.69) is 17.5 Å². The van der Waals surface area contributed by atoms with Gasteiger partial charge in [-0.05, 0) is 12.0 Å². The van der Waals surface area contributed by atoms with Gasteiger partial charge in [0.15, 0.2) is 0 Å². The predicted octanol–water partition coefficient (Wildman–Crippen LogP) is 2.17. The van der Waals surface area contributed by atoms with Crippen molar-refractivity contribution in [2.45, 2.75) is 11.7 Å². The van der Waals surface area contributed by atoms with Gasteiger partial charge in [0.2, 0.25) is 0 Å². The Morgan fingerprint density at radius 3 is 2.64 bits per heavy atom. The standard InChI is InChI=1S/C11H14NS2/c12-6-7-14-11(9-13)8-10-4-2-1-3-5-10/h1-5,11H,6-8,12H2. The molecule has 1 radical (unpaired) electrons. The fraction of sp³-hybridized carbons (Fsp3) is 0.364. The molecule has 3 heteroatoms. The zero-order valence-corrected chi connectivity index (χ0v) is 9.61. The lowest BCUT2D eigenvalue weighted by molar-refractivity contribution is 1.07. The molecule has 0 heterocycles. The summed E-state index contributed by atoms with van der Waals surface area (Å²) in [5.41, 5.74) is 6.75. The third-order valence-corrected chi connectivity index (χ3v) is 3.42. The Hall–Kier alpha value is -0.380. The van der Waals surface area contributed by atoms with Crippen LogP contribution in [0.5, 0.6) is 0 Å². The maximum Gasteiger partial charge on any atom is 0.0451 e. The van der Waals surface area contributed by atoms with Crippen molar-refractivity contribution in [1.29, 1.82) is 0 Å². The molecule has 1 atom stereocenters. The first-order chi connectivity index (χ1) is 6.86. The summed E-state index contributed by atoms with van der Waals surface area (Å²) in [6.45, 7) is 0.701. The molecule has 1 nitrogen and oxygen atoms in total. The summed E-state index contributed by atoms with van der Waals surface area (Å²) in [6.07, 6.45) is 0.953. The molecular formula is C11H14NS2. The van der Waals surface area contributed by atoms with Gasteiger partial charge in [-0.1, -0.05) is 42.5 Å². The average molecular weight is 224 g/mol. The first kappa shape index (κ1) is 11.7. The predicted molar refractivity (Wildman–Crippen MR) is 68.0 cm³/mol. The number of benzene rings is 1. The van der Waals surface area contributed by atoms with Crippen LogP contribution >= 0.6 is 24.0 Å². The van der Waals surface area contributed by atoms with Crippen molar-refractivity contribution in [3.63, 3.8) is 0 Å². The highest BCUT2D eigenvalue weighted by Gasteiger charge is 2.06.